The van der Waals surface area contributed by atoms with Gasteiger partial charge in [-0.3, -0.25) is 10.1 Å². The molecule has 0 atom stereocenters. The fourth-order valence-electron chi connectivity index (χ4n) is 1.58. The van der Waals surface area contributed by atoms with E-state index in [1.807, 2.05) is 6.92 Å². The van der Waals surface area contributed by atoms with Gasteiger partial charge in [-0.15, -0.1) is 0 Å². The normalized spacial score (nSPS) is 10.0. The van der Waals surface area contributed by atoms with Crippen molar-refractivity contribution in [3.8, 4) is 0 Å². The highest BCUT2D eigenvalue weighted by Crippen LogP contribution is 2.22. The van der Waals surface area contributed by atoms with E-state index in [0.717, 1.165) is 12.8 Å². The van der Waals surface area contributed by atoms with Gasteiger partial charge in [-0.25, -0.2) is 4.79 Å². The minimum absolute atomic E-state index is 0.0612. The summed E-state index contributed by atoms with van der Waals surface area (Å²) in [4.78, 5) is 21.7. The number of nitro groups is 1. The molecule has 5 nitrogen and oxygen atoms in total. The van der Waals surface area contributed by atoms with Crippen LogP contribution in [-0.4, -0.2) is 18.0 Å². The van der Waals surface area contributed by atoms with E-state index in [4.69, 9.17) is 0 Å². The number of rotatable bonds is 5. The zero-order valence-corrected chi connectivity index (χ0v) is 9.93. The Morgan fingerprint density at radius 1 is 1.47 bits per heavy atom. The third kappa shape index (κ3) is 3.27. The molecule has 1 aromatic rings. The monoisotopic (exact) mass is 237 g/mol. The van der Waals surface area contributed by atoms with Crippen molar-refractivity contribution in [2.75, 3.05) is 7.11 Å². The average Bonchev–Trinajstić information content (AvgIpc) is 2.34. The third-order valence-electron chi connectivity index (χ3n) is 2.50. The van der Waals surface area contributed by atoms with Gasteiger partial charge in [-0.1, -0.05) is 13.3 Å². The molecule has 1 aromatic carbocycles. The first-order valence-corrected chi connectivity index (χ1v) is 5.45. The number of carbonyl (C=O) groups excluding carboxylic acids is 1. The van der Waals surface area contributed by atoms with Crippen molar-refractivity contribution in [2.45, 2.75) is 26.2 Å². The second-order valence-corrected chi connectivity index (χ2v) is 3.70. The van der Waals surface area contributed by atoms with Crippen LogP contribution >= 0.6 is 0 Å². The zero-order valence-electron chi connectivity index (χ0n) is 9.93. The molecule has 92 valence electrons. The Morgan fingerprint density at radius 2 is 2.18 bits per heavy atom. The van der Waals surface area contributed by atoms with E-state index >= 15 is 0 Å². The van der Waals surface area contributed by atoms with Crippen LogP contribution in [0.25, 0.3) is 0 Å². The predicted molar refractivity (Wildman–Crippen MR) is 63.0 cm³/mol. The molecular weight excluding hydrogens is 222 g/mol. The predicted octanol–water partition coefficient (Wildman–Crippen LogP) is 2.72. The maximum absolute atomic E-state index is 11.3. The zero-order chi connectivity index (χ0) is 12.8. The van der Waals surface area contributed by atoms with Crippen LogP contribution in [0.4, 0.5) is 5.69 Å². The quantitative estimate of drug-likeness (QED) is 0.448. The number of aryl methyl sites for hydroxylation is 1. The highest BCUT2D eigenvalue weighted by Gasteiger charge is 2.16. The van der Waals surface area contributed by atoms with Crippen LogP contribution in [0.2, 0.25) is 0 Å². The molecule has 0 saturated carbocycles. The van der Waals surface area contributed by atoms with Crippen molar-refractivity contribution in [2.24, 2.45) is 0 Å². The van der Waals surface area contributed by atoms with Gasteiger partial charge in [0.25, 0.3) is 5.69 Å². The second kappa shape index (κ2) is 5.98. The Labute approximate surface area is 99.5 Å². The average molecular weight is 237 g/mol. The largest absolute Gasteiger partial charge is 0.465 e. The van der Waals surface area contributed by atoms with Crippen LogP contribution in [-0.2, 0) is 11.2 Å². The number of nitro benzene ring substituents is 1. The van der Waals surface area contributed by atoms with Crippen molar-refractivity contribution < 1.29 is 14.5 Å². The number of ether oxygens (including phenoxy) is 1. The van der Waals surface area contributed by atoms with Crippen molar-refractivity contribution in [1.29, 1.82) is 0 Å². The molecule has 0 fully saturated rings. The van der Waals surface area contributed by atoms with E-state index in [9.17, 15) is 14.9 Å². The molecule has 0 aliphatic rings. The Kier molecular flexibility index (Phi) is 4.63. The Balaban J connectivity index is 3.09. The Bertz CT molecular complexity index is 429. The highest BCUT2D eigenvalue weighted by atomic mass is 16.6. The van der Waals surface area contributed by atoms with Gasteiger partial charge in [-0.05, 0) is 25.0 Å². The molecule has 0 amide bonds. The number of methoxy groups -OCH3 is 1. The number of hydrogen-bond acceptors (Lipinski definition) is 4. The number of carbonyl (C=O) groups is 1. The second-order valence-electron chi connectivity index (χ2n) is 3.70. The lowest BCUT2D eigenvalue weighted by Gasteiger charge is -2.04. The molecule has 0 radical (unpaired) electrons. The molecule has 5 heteroatoms. The first-order chi connectivity index (χ1) is 8.10. The van der Waals surface area contributed by atoms with Crippen molar-refractivity contribution in [3.63, 3.8) is 0 Å². The summed E-state index contributed by atoms with van der Waals surface area (Å²) < 4.78 is 4.59. The van der Waals surface area contributed by atoms with E-state index in [0.29, 0.717) is 17.5 Å². The molecule has 0 aliphatic heterocycles. The number of unbranched alkanes of at least 4 members (excludes halogenated alkanes) is 1. The number of benzene rings is 1. The van der Waals surface area contributed by atoms with Gasteiger partial charge in [0.15, 0.2) is 0 Å². The maximum atomic E-state index is 11.3. The van der Waals surface area contributed by atoms with Gasteiger partial charge in [-0.2, -0.15) is 0 Å². The Hall–Kier alpha value is -1.91. The first kappa shape index (κ1) is 13.2. The summed E-state index contributed by atoms with van der Waals surface area (Å²) in [6.07, 6.45) is 2.39. The summed E-state index contributed by atoms with van der Waals surface area (Å²) in [6, 6.07) is 4.32. The van der Waals surface area contributed by atoms with Gasteiger partial charge >= 0.3 is 5.97 Å². The standard InChI is InChI=1S/C12H15NO4/c1-3-4-5-9-8-10(12(14)17-2)6-7-11(9)13(15)16/h6-8H,3-5H2,1-2H3. The molecule has 1 rings (SSSR count). The molecule has 17 heavy (non-hydrogen) atoms. The minimum atomic E-state index is -0.474. The fraction of sp³-hybridized carbons (Fsp3) is 0.417. The molecule has 0 aromatic heterocycles. The molecular formula is C12H15NO4. The summed E-state index contributed by atoms with van der Waals surface area (Å²) in [6.45, 7) is 2.01. The van der Waals surface area contributed by atoms with Gasteiger partial charge in [0.1, 0.15) is 0 Å². The maximum Gasteiger partial charge on any atom is 0.337 e. The third-order valence-corrected chi connectivity index (χ3v) is 2.50. The SMILES string of the molecule is CCCCc1cc(C(=O)OC)ccc1[N+](=O)[O-]. The lowest BCUT2D eigenvalue weighted by Crippen LogP contribution is -2.04. The van der Waals surface area contributed by atoms with Crippen molar-refractivity contribution in [1.82, 2.24) is 0 Å². The molecule has 0 aliphatic carbocycles. The van der Waals surface area contributed by atoms with Crippen molar-refractivity contribution >= 4 is 11.7 Å². The fourth-order valence-corrected chi connectivity index (χ4v) is 1.58. The van der Waals surface area contributed by atoms with E-state index in [1.54, 1.807) is 6.07 Å². The van der Waals surface area contributed by atoms with Gasteiger partial charge in [0.2, 0.25) is 0 Å². The summed E-state index contributed by atoms with van der Waals surface area (Å²) >= 11 is 0. The number of hydrogen-bond donors (Lipinski definition) is 0. The van der Waals surface area contributed by atoms with Gasteiger partial charge in [0, 0.05) is 11.6 Å². The summed E-state index contributed by atoms with van der Waals surface area (Å²) in [5.41, 5.74) is 0.995. The topological polar surface area (TPSA) is 69.4 Å². The van der Waals surface area contributed by atoms with E-state index < -0.39 is 10.9 Å². The van der Waals surface area contributed by atoms with Gasteiger partial charge in [0.05, 0.1) is 17.6 Å². The van der Waals surface area contributed by atoms with Crippen LogP contribution < -0.4 is 0 Å². The summed E-state index contributed by atoms with van der Waals surface area (Å²) in [5.74, 6) is -0.474. The van der Waals surface area contributed by atoms with Crippen LogP contribution in [0.1, 0.15) is 35.7 Å². The van der Waals surface area contributed by atoms with Crippen molar-refractivity contribution in [3.05, 3.63) is 39.4 Å². The van der Waals surface area contributed by atoms with Crippen LogP contribution in [0.3, 0.4) is 0 Å². The molecule has 0 N–H and O–H groups in total. The van der Waals surface area contributed by atoms with Crippen LogP contribution in [0.5, 0.6) is 0 Å². The number of esters is 1. The van der Waals surface area contributed by atoms with E-state index in [1.165, 1.54) is 19.2 Å². The van der Waals surface area contributed by atoms with E-state index in [-0.39, 0.29) is 5.69 Å². The van der Waals surface area contributed by atoms with E-state index in [2.05, 4.69) is 4.74 Å². The molecule has 0 spiro atoms. The molecule has 0 heterocycles. The highest BCUT2D eigenvalue weighted by molar-refractivity contribution is 5.89. The number of nitrogens with zero attached hydrogens (tertiary/aromatic N) is 1. The lowest BCUT2D eigenvalue weighted by atomic mass is 10.0. The summed E-state index contributed by atoms with van der Waals surface area (Å²) in [7, 11) is 1.29. The molecule has 0 bridgehead atoms. The smallest absolute Gasteiger partial charge is 0.337 e. The molecule has 0 unspecified atom stereocenters. The van der Waals surface area contributed by atoms with Crippen LogP contribution in [0, 0.1) is 10.1 Å². The van der Waals surface area contributed by atoms with Gasteiger partial charge < -0.3 is 4.74 Å². The van der Waals surface area contributed by atoms with Crippen LogP contribution in [0.15, 0.2) is 18.2 Å². The summed E-state index contributed by atoms with van der Waals surface area (Å²) in [5, 5.41) is 10.8. The minimum Gasteiger partial charge on any atom is -0.465 e. The Morgan fingerprint density at radius 3 is 2.71 bits per heavy atom. The lowest BCUT2D eigenvalue weighted by molar-refractivity contribution is -0.385. The first-order valence-electron chi connectivity index (χ1n) is 5.45. The molecule has 0 saturated heterocycles.